The van der Waals surface area contributed by atoms with Gasteiger partial charge in [0, 0.05) is 6.04 Å². The minimum atomic E-state index is 0. The van der Waals surface area contributed by atoms with Crippen molar-refractivity contribution < 1.29 is 0 Å². The zero-order valence-corrected chi connectivity index (χ0v) is 7.71. The Balaban J connectivity index is 0.000000810. The van der Waals surface area contributed by atoms with Crippen LogP contribution in [-0.2, 0) is 0 Å². The Labute approximate surface area is 70.0 Å². The number of hydrogen-bond acceptors (Lipinski definition) is 1. The quantitative estimate of drug-likeness (QED) is 0.625. The molecule has 0 aromatic carbocycles. The molecule has 2 heteroatoms. The molecular formula is C8H18ClN. The second-order valence-electron chi connectivity index (χ2n) is 3.16. The molecule has 1 aliphatic carbocycles. The number of rotatable bonds is 1. The van der Waals surface area contributed by atoms with Crippen LogP contribution in [0, 0.1) is 5.92 Å². The molecule has 0 aromatic heterocycles. The van der Waals surface area contributed by atoms with Gasteiger partial charge in [0.1, 0.15) is 0 Å². The molecule has 1 aliphatic rings. The first-order valence-electron chi connectivity index (χ1n) is 4.02. The first-order chi connectivity index (χ1) is 4.34. The van der Waals surface area contributed by atoms with Crippen molar-refractivity contribution in [1.29, 1.82) is 0 Å². The van der Waals surface area contributed by atoms with Crippen molar-refractivity contribution in [1.82, 2.24) is 5.32 Å². The van der Waals surface area contributed by atoms with E-state index in [2.05, 4.69) is 19.3 Å². The van der Waals surface area contributed by atoms with E-state index in [-0.39, 0.29) is 12.4 Å². The van der Waals surface area contributed by atoms with Crippen LogP contribution in [0.4, 0.5) is 0 Å². The van der Waals surface area contributed by atoms with E-state index in [1.807, 2.05) is 0 Å². The smallest absolute Gasteiger partial charge is 0.00896 e. The minimum absolute atomic E-state index is 0. The van der Waals surface area contributed by atoms with Crippen molar-refractivity contribution in [3.05, 3.63) is 0 Å². The van der Waals surface area contributed by atoms with Gasteiger partial charge in [-0.2, -0.15) is 0 Å². The van der Waals surface area contributed by atoms with Gasteiger partial charge in [0.05, 0.1) is 0 Å². The molecule has 2 atom stereocenters. The van der Waals surface area contributed by atoms with E-state index in [4.69, 9.17) is 0 Å². The Bertz CT molecular complexity index is 85.3. The summed E-state index contributed by atoms with van der Waals surface area (Å²) >= 11 is 0. The molecule has 1 saturated carbocycles. The molecule has 1 N–H and O–H groups in total. The van der Waals surface area contributed by atoms with E-state index in [9.17, 15) is 0 Å². The summed E-state index contributed by atoms with van der Waals surface area (Å²) in [6, 6.07) is 0.804. The molecule has 1 rings (SSSR count). The predicted molar refractivity (Wildman–Crippen MR) is 47.7 cm³/mol. The van der Waals surface area contributed by atoms with Gasteiger partial charge in [-0.1, -0.05) is 19.8 Å². The molecule has 62 valence electrons. The largest absolute Gasteiger partial charge is 0.317 e. The summed E-state index contributed by atoms with van der Waals surface area (Å²) in [5.41, 5.74) is 0. The number of nitrogens with one attached hydrogen (secondary N) is 1. The van der Waals surface area contributed by atoms with E-state index in [1.165, 1.54) is 25.7 Å². The minimum Gasteiger partial charge on any atom is -0.317 e. The molecule has 2 unspecified atom stereocenters. The molecule has 1 nitrogen and oxygen atoms in total. The van der Waals surface area contributed by atoms with Crippen LogP contribution in [0.1, 0.15) is 32.6 Å². The lowest BCUT2D eigenvalue weighted by Crippen LogP contribution is -2.34. The van der Waals surface area contributed by atoms with E-state index in [0.29, 0.717) is 0 Å². The van der Waals surface area contributed by atoms with Crippen molar-refractivity contribution in [3.8, 4) is 0 Å². The SMILES string of the molecule is CNC1CCCCC1C.Cl. The van der Waals surface area contributed by atoms with Crippen LogP contribution in [0.25, 0.3) is 0 Å². The summed E-state index contributed by atoms with van der Waals surface area (Å²) in [5.74, 6) is 0.906. The fourth-order valence-corrected chi connectivity index (χ4v) is 1.75. The summed E-state index contributed by atoms with van der Waals surface area (Å²) in [6.07, 6.45) is 5.68. The highest BCUT2D eigenvalue weighted by Crippen LogP contribution is 2.22. The topological polar surface area (TPSA) is 12.0 Å². The summed E-state index contributed by atoms with van der Waals surface area (Å²) in [4.78, 5) is 0. The van der Waals surface area contributed by atoms with Gasteiger partial charge in [0.25, 0.3) is 0 Å². The van der Waals surface area contributed by atoms with Crippen LogP contribution in [0.2, 0.25) is 0 Å². The van der Waals surface area contributed by atoms with E-state index >= 15 is 0 Å². The van der Waals surface area contributed by atoms with Crippen molar-refractivity contribution in [2.24, 2.45) is 5.92 Å². The number of halogens is 1. The molecule has 1 fully saturated rings. The van der Waals surface area contributed by atoms with Gasteiger partial charge in [0.15, 0.2) is 0 Å². The average Bonchev–Trinajstić information content (AvgIpc) is 1.89. The summed E-state index contributed by atoms with van der Waals surface area (Å²) in [5, 5.41) is 3.35. The first-order valence-corrected chi connectivity index (χ1v) is 4.02. The van der Waals surface area contributed by atoms with Crippen LogP contribution in [0.15, 0.2) is 0 Å². The van der Waals surface area contributed by atoms with Gasteiger partial charge >= 0.3 is 0 Å². The van der Waals surface area contributed by atoms with Gasteiger partial charge in [0.2, 0.25) is 0 Å². The lowest BCUT2D eigenvalue weighted by molar-refractivity contribution is 0.294. The summed E-state index contributed by atoms with van der Waals surface area (Å²) in [7, 11) is 2.08. The Morgan fingerprint density at radius 1 is 1.20 bits per heavy atom. The zero-order chi connectivity index (χ0) is 6.69. The molecule has 0 aliphatic heterocycles. The highest BCUT2D eigenvalue weighted by Gasteiger charge is 2.18. The van der Waals surface area contributed by atoms with Gasteiger partial charge in [-0.05, 0) is 25.8 Å². The Morgan fingerprint density at radius 3 is 2.20 bits per heavy atom. The van der Waals surface area contributed by atoms with Crippen LogP contribution in [-0.4, -0.2) is 13.1 Å². The van der Waals surface area contributed by atoms with Crippen LogP contribution < -0.4 is 5.32 Å². The van der Waals surface area contributed by atoms with Crippen molar-refractivity contribution in [2.45, 2.75) is 38.6 Å². The Morgan fingerprint density at radius 2 is 1.80 bits per heavy atom. The molecule has 10 heavy (non-hydrogen) atoms. The molecular weight excluding hydrogens is 146 g/mol. The van der Waals surface area contributed by atoms with Gasteiger partial charge < -0.3 is 5.32 Å². The zero-order valence-electron chi connectivity index (χ0n) is 6.89. The van der Waals surface area contributed by atoms with Gasteiger partial charge in [-0.25, -0.2) is 0 Å². The van der Waals surface area contributed by atoms with Crippen LogP contribution >= 0.6 is 12.4 Å². The molecule has 0 bridgehead atoms. The molecule has 0 heterocycles. The maximum Gasteiger partial charge on any atom is 0.00896 e. The fraction of sp³-hybridized carbons (Fsp3) is 1.00. The standard InChI is InChI=1S/C8H17N.ClH/c1-7-5-3-4-6-8(7)9-2;/h7-9H,3-6H2,1-2H3;1H. The highest BCUT2D eigenvalue weighted by molar-refractivity contribution is 5.85. The van der Waals surface area contributed by atoms with E-state index in [0.717, 1.165) is 12.0 Å². The average molecular weight is 164 g/mol. The van der Waals surface area contributed by atoms with Crippen LogP contribution in [0.3, 0.4) is 0 Å². The monoisotopic (exact) mass is 163 g/mol. The van der Waals surface area contributed by atoms with Crippen molar-refractivity contribution in [3.63, 3.8) is 0 Å². The second kappa shape index (κ2) is 4.97. The third-order valence-electron chi connectivity index (χ3n) is 2.48. The molecule has 0 saturated heterocycles. The van der Waals surface area contributed by atoms with Crippen LogP contribution in [0.5, 0.6) is 0 Å². The summed E-state index contributed by atoms with van der Waals surface area (Å²) < 4.78 is 0. The maximum atomic E-state index is 3.35. The first kappa shape index (κ1) is 10.2. The molecule has 0 spiro atoms. The van der Waals surface area contributed by atoms with E-state index < -0.39 is 0 Å². The Hall–Kier alpha value is 0.250. The lowest BCUT2D eigenvalue weighted by Gasteiger charge is -2.27. The number of hydrogen-bond donors (Lipinski definition) is 1. The third kappa shape index (κ3) is 2.47. The predicted octanol–water partition coefficient (Wildman–Crippen LogP) is 2.21. The molecule has 0 radical (unpaired) electrons. The Kier molecular flexibility index (Phi) is 5.10. The normalized spacial score (nSPS) is 33.0. The van der Waals surface area contributed by atoms with Crippen molar-refractivity contribution >= 4 is 12.4 Å². The molecule has 0 amide bonds. The third-order valence-corrected chi connectivity index (χ3v) is 2.48. The summed E-state index contributed by atoms with van der Waals surface area (Å²) in [6.45, 7) is 2.35. The van der Waals surface area contributed by atoms with Crippen molar-refractivity contribution in [2.75, 3.05) is 7.05 Å². The fourth-order valence-electron chi connectivity index (χ4n) is 1.75. The lowest BCUT2D eigenvalue weighted by atomic mass is 9.86. The maximum absolute atomic E-state index is 3.35. The molecule has 0 aromatic rings. The van der Waals surface area contributed by atoms with Gasteiger partial charge in [-0.15, -0.1) is 12.4 Å². The second-order valence-corrected chi connectivity index (χ2v) is 3.16. The van der Waals surface area contributed by atoms with E-state index in [1.54, 1.807) is 0 Å². The van der Waals surface area contributed by atoms with Gasteiger partial charge in [-0.3, -0.25) is 0 Å². The highest BCUT2D eigenvalue weighted by atomic mass is 35.5.